The van der Waals surface area contributed by atoms with Crippen molar-refractivity contribution in [3.8, 4) is 5.75 Å². The van der Waals surface area contributed by atoms with Gasteiger partial charge in [-0.25, -0.2) is 0 Å². The number of aliphatic hydroxyl groups is 1. The lowest BCUT2D eigenvalue weighted by Gasteiger charge is -2.03. The number of fused-ring (bicyclic) bond motifs is 1. The van der Waals surface area contributed by atoms with Gasteiger partial charge in [0.2, 0.25) is 0 Å². The molecule has 0 spiro atoms. The summed E-state index contributed by atoms with van der Waals surface area (Å²) in [5.41, 5.74) is 7.55. The maximum Gasteiger partial charge on any atom is 0.119 e. The van der Waals surface area contributed by atoms with E-state index < -0.39 is 0 Å². The maximum absolute atomic E-state index is 8.94. The quantitative estimate of drug-likeness (QED) is 0.706. The Balaban J connectivity index is 2.46. The second-order valence-electron chi connectivity index (χ2n) is 3.47. The van der Waals surface area contributed by atoms with Crippen LogP contribution in [0.3, 0.4) is 0 Å². The predicted molar refractivity (Wildman–Crippen MR) is 58.9 cm³/mol. The third-order valence-electron chi connectivity index (χ3n) is 2.44. The topological polar surface area (TPSA) is 71.3 Å². The van der Waals surface area contributed by atoms with Crippen LogP contribution in [0.5, 0.6) is 5.75 Å². The fourth-order valence-corrected chi connectivity index (χ4v) is 1.56. The zero-order valence-corrected chi connectivity index (χ0v) is 8.53. The van der Waals surface area contributed by atoms with Crippen LogP contribution >= 0.6 is 0 Å². The molecule has 0 fully saturated rings. The van der Waals surface area contributed by atoms with Crippen molar-refractivity contribution in [1.29, 1.82) is 0 Å². The van der Waals surface area contributed by atoms with Gasteiger partial charge in [0.15, 0.2) is 0 Å². The van der Waals surface area contributed by atoms with Crippen LogP contribution in [0.25, 0.3) is 10.9 Å². The van der Waals surface area contributed by atoms with Gasteiger partial charge < -0.3 is 20.6 Å². The standard InChI is InChI=1S/C11H14N2O2/c1-15-8-2-3-10-7(4-8)5-11(13-10)9(12)6-14/h2-5,9,13-14H,6,12H2,1H3/t9-/m0/s1. The van der Waals surface area contributed by atoms with Gasteiger partial charge in [-0.2, -0.15) is 0 Å². The number of rotatable bonds is 3. The molecule has 80 valence electrons. The molecule has 1 aromatic heterocycles. The molecule has 2 aromatic rings. The first kappa shape index (κ1) is 10.0. The zero-order chi connectivity index (χ0) is 10.8. The molecule has 0 bridgehead atoms. The SMILES string of the molecule is COc1ccc2[nH]c([C@@H](N)CO)cc2c1. The Labute approximate surface area is 87.7 Å². The normalized spacial score (nSPS) is 13.0. The lowest BCUT2D eigenvalue weighted by molar-refractivity contribution is 0.266. The van der Waals surface area contributed by atoms with Crippen molar-refractivity contribution in [1.82, 2.24) is 4.98 Å². The van der Waals surface area contributed by atoms with Crippen LogP contribution in [-0.4, -0.2) is 23.8 Å². The Morgan fingerprint density at radius 2 is 2.27 bits per heavy atom. The fourth-order valence-electron chi connectivity index (χ4n) is 1.56. The second kappa shape index (κ2) is 3.92. The Morgan fingerprint density at radius 3 is 2.93 bits per heavy atom. The molecular formula is C11H14N2O2. The maximum atomic E-state index is 8.94. The number of ether oxygens (including phenoxy) is 1. The number of nitrogens with two attached hydrogens (primary N) is 1. The lowest BCUT2D eigenvalue weighted by atomic mass is 10.2. The average molecular weight is 206 g/mol. The molecule has 0 aliphatic carbocycles. The van der Waals surface area contributed by atoms with Gasteiger partial charge in [0.1, 0.15) is 5.75 Å². The number of nitrogens with one attached hydrogen (secondary N) is 1. The zero-order valence-electron chi connectivity index (χ0n) is 8.53. The van der Waals surface area contributed by atoms with Crippen molar-refractivity contribution >= 4 is 10.9 Å². The summed E-state index contributed by atoms with van der Waals surface area (Å²) < 4.78 is 5.12. The minimum absolute atomic E-state index is 0.0655. The Hall–Kier alpha value is -1.52. The molecular weight excluding hydrogens is 192 g/mol. The number of methoxy groups -OCH3 is 1. The highest BCUT2D eigenvalue weighted by Gasteiger charge is 2.08. The molecule has 4 heteroatoms. The summed E-state index contributed by atoms with van der Waals surface area (Å²) in [6, 6.07) is 7.32. The summed E-state index contributed by atoms with van der Waals surface area (Å²) in [6.45, 7) is -0.0655. The van der Waals surface area contributed by atoms with Gasteiger partial charge in [0, 0.05) is 16.6 Å². The predicted octanol–water partition coefficient (Wildman–Crippen LogP) is 1.17. The first-order valence-corrected chi connectivity index (χ1v) is 4.77. The largest absolute Gasteiger partial charge is 0.497 e. The number of hydrogen-bond donors (Lipinski definition) is 3. The van der Waals surface area contributed by atoms with Crippen LogP contribution in [0, 0.1) is 0 Å². The Kier molecular flexibility index (Phi) is 2.62. The number of hydrogen-bond acceptors (Lipinski definition) is 3. The summed E-state index contributed by atoms with van der Waals surface area (Å²) >= 11 is 0. The summed E-state index contributed by atoms with van der Waals surface area (Å²) in [6.07, 6.45) is 0. The molecule has 0 unspecified atom stereocenters. The molecule has 1 atom stereocenters. The van der Waals surface area contributed by atoms with Crippen LogP contribution in [-0.2, 0) is 0 Å². The van der Waals surface area contributed by atoms with Gasteiger partial charge in [0.25, 0.3) is 0 Å². The van der Waals surface area contributed by atoms with Crippen LogP contribution in [0.4, 0.5) is 0 Å². The first-order valence-electron chi connectivity index (χ1n) is 4.77. The van der Waals surface area contributed by atoms with E-state index in [1.54, 1.807) is 7.11 Å². The Morgan fingerprint density at radius 1 is 1.47 bits per heavy atom. The summed E-state index contributed by atoms with van der Waals surface area (Å²) in [5, 5.41) is 9.98. The minimum Gasteiger partial charge on any atom is -0.497 e. The highest BCUT2D eigenvalue weighted by molar-refractivity contribution is 5.82. The van der Waals surface area contributed by atoms with Crippen LogP contribution in [0.15, 0.2) is 24.3 Å². The van der Waals surface area contributed by atoms with Crippen LogP contribution in [0.2, 0.25) is 0 Å². The van der Waals surface area contributed by atoms with Crippen molar-refractivity contribution in [2.75, 3.05) is 13.7 Å². The van der Waals surface area contributed by atoms with Crippen molar-refractivity contribution in [2.45, 2.75) is 6.04 Å². The van der Waals surface area contributed by atoms with Crippen molar-refractivity contribution in [3.05, 3.63) is 30.0 Å². The molecule has 1 aromatic carbocycles. The molecule has 0 saturated carbocycles. The average Bonchev–Trinajstić information content (AvgIpc) is 2.70. The molecule has 1 heterocycles. The van der Waals surface area contributed by atoms with Crippen molar-refractivity contribution in [2.24, 2.45) is 5.73 Å². The summed E-state index contributed by atoms with van der Waals surface area (Å²) in [7, 11) is 1.63. The van der Waals surface area contributed by atoms with Gasteiger partial charge >= 0.3 is 0 Å². The number of aromatic amines is 1. The first-order chi connectivity index (χ1) is 7.24. The number of aliphatic hydroxyl groups excluding tert-OH is 1. The van der Waals surface area contributed by atoms with Crippen LogP contribution in [0.1, 0.15) is 11.7 Å². The minimum atomic E-state index is -0.358. The summed E-state index contributed by atoms with van der Waals surface area (Å²) in [5.74, 6) is 0.811. The molecule has 0 amide bonds. The highest BCUT2D eigenvalue weighted by Crippen LogP contribution is 2.23. The van der Waals surface area contributed by atoms with E-state index in [4.69, 9.17) is 15.6 Å². The molecule has 4 N–H and O–H groups in total. The number of H-pyrrole nitrogens is 1. The van der Waals surface area contributed by atoms with E-state index in [2.05, 4.69) is 4.98 Å². The molecule has 4 nitrogen and oxygen atoms in total. The van der Waals surface area contributed by atoms with Crippen molar-refractivity contribution in [3.63, 3.8) is 0 Å². The Bertz CT molecular complexity index is 465. The summed E-state index contributed by atoms with van der Waals surface area (Å²) in [4.78, 5) is 3.16. The monoisotopic (exact) mass is 206 g/mol. The molecule has 2 rings (SSSR count). The van der Waals surface area contributed by atoms with E-state index >= 15 is 0 Å². The third kappa shape index (κ3) is 1.82. The van der Waals surface area contributed by atoms with E-state index in [1.165, 1.54) is 0 Å². The van der Waals surface area contributed by atoms with Gasteiger partial charge in [-0.15, -0.1) is 0 Å². The van der Waals surface area contributed by atoms with Crippen LogP contribution < -0.4 is 10.5 Å². The highest BCUT2D eigenvalue weighted by atomic mass is 16.5. The van der Waals surface area contributed by atoms with E-state index in [9.17, 15) is 0 Å². The smallest absolute Gasteiger partial charge is 0.119 e. The van der Waals surface area contributed by atoms with E-state index in [0.29, 0.717) is 0 Å². The van der Waals surface area contributed by atoms with E-state index in [1.807, 2.05) is 24.3 Å². The second-order valence-corrected chi connectivity index (χ2v) is 3.47. The molecule has 0 radical (unpaired) electrons. The van der Waals surface area contributed by atoms with Crippen molar-refractivity contribution < 1.29 is 9.84 Å². The number of aromatic nitrogens is 1. The number of benzene rings is 1. The van der Waals surface area contributed by atoms with E-state index in [-0.39, 0.29) is 12.6 Å². The molecule has 0 aliphatic heterocycles. The van der Waals surface area contributed by atoms with Gasteiger partial charge in [0.05, 0.1) is 19.8 Å². The molecule has 0 saturated heterocycles. The fraction of sp³-hybridized carbons (Fsp3) is 0.273. The molecule has 15 heavy (non-hydrogen) atoms. The lowest BCUT2D eigenvalue weighted by Crippen LogP contribution is -2.14. The van der Waals surface area contributed by atoms with Gasteiger partial charge in [-0.05, 0) is 24.3 Å². The van der Waals surface area contributed by atoms with Gasteiger partial charge in [-0.3, -0.25) is 0 Å². The van der Waals surface area contributed by atoms with E-state index in [0.717, 1.165) is 22.3 Å². The third-order valence-corrected chi connectivity index (χ3v) is 2.44. The van der Waals surface area contributed by atoms with Gasteiger partial charge in [-0.1, -0.05) is 0 Å². The molecule has 0 aliphatic rings.